The molecule has 3 aromatic rings. The molecular formula is C30H36O16. The van der Waals surface area contributed by atoms with Crippen molar-refractivity contribution in [1.29, 1.82) is 0 Å². The van der Waals surface area contributed by atoms with Crippen molar-refractivity contribution in [1.82, 2.24) is 0 Å². The summed E-state index contributed by atoms with van der Waals surface area (Å²) in [4.78, 5) is 13.2. The second-order valence-corrected chi connectivity index (χ2v) is 10.8. The predicted octanol–water partition coefficient (Wildman–Crippen LogP) is -0.778. The van der Waals surface area contributed by atoms with Crippen LogP contribution in [0.4, 0.5) is 0 Å². The van der Waals surface area contributed by atoms with E-state index in [0.29, 0.717) is 11.3 Å². The topological polar surface area (TPSA) is 236 Å². The minimum Gasteiger partial charge on any atom is -0.504 e. The maximum absolute atomic E-state index is 13.2. The second-order valence-electron chi connectivity index (χ2n) is 10.8. The van der Waals surface area contributed by atoms with Crippen LogP contribution in [0.2, 0.25) is 0 Å². The van der Waals surface area contributed by atoms with Crippen molar-refractivity contribution in [2.24, 2.45) is 0 Å². The van der Waals surface area contributed by atoms with E-state index in [0.717, 1.165) is 0 Å². The Bertz CT molecular complexity index is 1570. The highest BCUT2D eigenvalue weighted by Crippen LogP contribution is 2.51. The summed E-state index contributed by atoms with van der Waals surface area (Å²) in [5.41, 5.74) is -0.385. The fourth-order valence-corrected chi connectivity index (χ4v) is 5.29. The van der Waals surface area contributed by atoms with Crippen molar-refractivity contribution in [2.45, 2.75) is 68.3 Å². The van der Waals surface area contributed by atoms with E-state index < -0.39 is 84.9 Å². The number of rotatable bonds is 9. The van der Waals surface area contributed by atoms with Gasteiger partial charge in [-0.3, -0.25) is 4.79 Å². The number of ether oxygens (including phenoxy) is 7. The number of hydrogen-bond donors (Lipinski definition) is 7. The van der Waals surface area contributed by atoms with Crippen molar-refractivity contribution in [3.05, 3.63) is 40.6 Å². The fraction of sp³-hybridized carbons (Fsp3) is 0.500. The third kappa shape index (κ3) is 6.06. The van der Waals surface area contributed by atoms with Gasteiger partial charge in [-0.1, -0.05) is 0 Å². The first-order valence-electron chi connectivity index (χ1n) is 14.2. The van der Waals surface area contributed by atoms with Crippen LogP contribution in [-0.4, -0.2) is 125 Å². The molecule has 0 spiro atoms. The Morgan fingerprint density at radius 1 is 0.739 bits per heavy atom. The van der Waals surface area contributed by atoms with Crippen LogP contribution < -0.4 is 24.4 Å². The molecule has 7 N–H and O–H groups in total. The van der Waals surface area contributed by atoms with E-state index >= 15 is 0 Å². The number of aliphatic hydroxyl groups excluding tert-OH is 6. The smallest absolute Gasteiger partial charge is 0.229 e. The molecule has 2 aromatic carbocycles. The second kappa shape index (κ2) is 13.6. The number of phenolic OH excluding ortho intramolecular Hbond substituents is 1. The van der Waals surface area contributed by atoms with Gasteiger partial charge in [-0.05, 0) is 31.2 Å². The van der Waals surface area contributed by atoms with Crippen LogP contribution in [0.25, 0.3) is 22.3 Å². The van der Waals surface area contributed by atoms with Crippen molar-refractivity contribution < 1.29 is 73.3 Å². The summed E-state index contributed by atoms with van der Waals surface area (Å²) < 4.78 is 44.5. The van der Waals surface area contributed by atoms with E-state index in [1.165, 1.54) is 34.3 Å². The van der Waals surface area contributed by atoms with E-state index in [2.05, 4.69) is 0 Å². The van der Waals surface area contributed by atoms with Gasteiger partial charge in [-0.25, -0.2) is 0 Å². The van der Waals surface area contributed by atoms with E-state index in [1.54, 1.807) is 24.3 Å². The molecule has 5 rings (SSSR count). The molecule has 10 atom stereocenters. The third-order valence-electron chi connectivity index (χ3n) is 7.94. The summed E-state index contributed by atoms with van der Waals surface area (Å²) in [5.74, 6) is -1.00. The first-order chi connectivity index (χ1) is 21.9. The van der Waals surface area contributed by atoms with E-state index in [-0.39, 0.29) is 28.2 Å². The summed E-state index contributed by atoms with van der Waals surface area (Å²) in [5, 5.41) is 73.1. The number of methoxy groups -OCH3 is 3. The summed E-state index contributed by atoms with van der Waals surface area (Å²) in [6.07, 6.45) is -15.5. The van der Waals surface area contributed by atoms with Crippen LogP contribution >= 0.6 is 0 Å². The van der Waals surface area contributed by atoms with Gasteiger partial charge in [0.25, 0.3) is 0 Å². The number of aliphatic hydroxyl groups is 6. The van der Waals surface area contributed by atoms with Gasteiger partial charge >= 0.3 is 0 Å². The Kier molecular flexibility index (Phi) is 9.92. The van der Waals surface area contributed by atoms with Gasteiger partial charge in [0, 0.05) is 11.6 Å². The Balaban J connectivity index is 1.48. The molecule has 16 heteroatoms. The van der Waals surface area contributed by atoms with Crippen LogP contribution in [0.1, 0.15) is 6.92 Å². The molecule has 10 unspecified atom stereocenters. The van der Waals surface area contributed by atoms with Crippen LogP contribution in [-0.2, 0) is 14.2 Å². The molecule has 0 amide bonds. The number of phenols is 1. The number of hydrogen-bond acceptors (Lipinski definition) is 16. The van der Waals surface area contributed by atoms with Crippen molar-refractivity contribution >= 4 is 11.0 Å². The molecule has 0 bridgehead atoms. The van der Waals surface area contributed by atoms with Crippen LogP contribution in [0.5, 0.6) is 28.7 Å². The van der Waals surface area contributed by atoms with Crippen LogP contribution in [0.15, 0.2) is 39.5 Å². The zero-order valence-electron chi connectivity index (χ0n) is 25.2. The van der Waals surface area contributed by atoms with Crippen LogP contribution in [0.3, 0.4) is 0 Å². The highest BCUT2D eigenvalue weighted by atomic mass is 16.7. The van der Waals surface area contributed by atoms with E-state index in [4.69, 9.17) is 37.6 Å². The molecule has 0 aliphatic carbocycles. The third-order valence-corrected chi connectivity index (χ3v) is 7.94. The molecule has 1 aromatic heterocycles. The number of benzene rings is 2. The standard InChI is InChI=1S/C30H36O16/c1-11-18(32)21(35)23(37)29(43-11)42-10-16-19(33)22(36)24(38)30(45-16)46-28-26(40-3)20(34)17-14(31)9-15(44-25(17)27(28)41-4)12-5-7-13(39-2)8-6-12/h5-9,11,16,18-19,21-24,29-30,32-38H,10H2,1-4H3. The van der Waals surface area contributed by atoms with Crippen LogP contribution in [0, 0.1) is 0 Å². The van der Waals surface area contributed by atoms with E-state index in [9.17, 15) is 40.5 Å². The lowest BCUT2D eigenvalue weighted by Gasteiger charge is -2.42. The zero-order chi connectivity index (χ0) is 33.4. The monoisotopic (exact) mass is 652 g/mol. The average molecular weight is 653 g/mol. The Labute approximate surface area is 261 Å². The maximum atomic E-state index is 13.2. The SMILES string of the molecule is COc1ccc(-c2cc(=O)c3c(O)c(OC)c(OC4OC(COC5OC(C)C(O)C(O)C5O)C(O)C(O)C4O)c(OC)c3o2)cc1. The van der Waals surface area contributed by atoms with Crippen molar-refractivity contribution in [3.63, 3.8) is 0 Å². The lowest BCUT2D eigenvalue weighted by atomic mass is 9.98. The normalized spacial score (nSPS) is 31.4. The first-order valence-corrected chi connectivity index (χ1v) is 14.2. The largest absolute Gasteiger partial charge is 0.504 e. The van der Waals surface area contributed by atoms with Gasteiger partial charge in [-0.2, -0.15) is 0 Å². The van der Waals surface area contributed by atoms with Gasteiger partial charge in [0.15, 0.2) is 23.1 Å². The fourth-order valence-electron chi connectivity index (χ4n) is 5.29. The summed E-state index contributed by atoms with van der Waals surface area (Å²) in [6.45, 7) is 0.910. The lowest BCUT2D eigenvalue weighted by molar-refractivity contribution is -0.318. The first kappa shape index (κ1) is 33.6. The Morgan fingerprint density at radius 3 is 2.00 bits per heavy atom. The molecule has 2 aliphatic heterocycles. The van der Waals surface area contributed by atoms with E-state index in [1.807, 2.05) is 0 Å². The molecule has 3 heterocycles. The quantitative estimate of drug-likeness (QED) is 0.150. The van der Waals surface area contributed by atoms with Crippen molar-refractivity contribution in [3.8, 4) is 40.1 Å². The average Bonchev–Trinajstić information content (AvgIpc) is 3.05. The molecule has 2 saturated heterocycles. The molecule has 0 saturated carbocycles. The summed E-state index contributed by atoms with van der Waals surface area (Å²) >= 11 is 0. The van der Waals surface area contributed by atoms with Gasteiger partial charge in [0.2, 0.25) is 23.5 Å². The van der Waals surface area contributed by atoms with Gasteiger partial charge < -0.3 is 73.3 Å². The van der Waals surface area contributed by atoms with Gasteiger partial charge in [0.05, 0.1) is 34.0 Å². The molecule has 2 fully saturated rings. The summed E-state index contributed by atoms with van der Waals surface area (Å²) in [6, 6.07) is 7.79. The highest BCUT2D eigenvalue weighted by molar-refractivity contribution is 5.95. The minimum absolute atomic E-state index is 0.109. The Morgan fingerprint density at radius 2 is 1.37 bits per heavy atom. The molecule has 2 aliphatic rings. The zero-order valence-corrected chi connectivity index (χ0v) is 25.2. The predicted molar refractivity (Wildman–Crippen MR) is 155 cm³/mol. The molecule has 252 valence electrons. The minimum atomic E-state index is -1.87. The molecule has 16 nitrogen and oxygen atoms in total. The maximum Gasteiger partial charge on any atom is 0.229 e. The molecule has 46 heavy (non-hydrogen) atoms. The highest BCUT2D eigenvalue weighted by Gasteiger charge is 2.48. The number of fused-ring (bicyclic) bond motifs is 1. The van der Waals surface area contributed by atoms with Gasteiger partial charge in [-0.15, -0.1) is 0 Å². The van der Waals surface area contributed by atoms with Gasteiger partial charge in [0.1, 0.15) is 59.6 Å². The number of aromatic hydroxyl groups is 1. The molecule has 0 radical (unpaired) electrons. The summed E-state index contributed by atoms with van der Waals surface area (Å²) in [7, 11) is 3.91. The Hall–Kier alpha value is -3.71. The lowest BCUT2D eigenvalue weighted by Crippen LogP contribution is -2.61. The molecular weight excluding hydrogens is 616 g/mol. The van der Waals surface area contributed by atoms with Crippen molar-refractivity contribution in [2.75, 3.05) is 27.9 Å².